The number of rotatable bonds is 5. The number of anilines is 1. The number of amides is 2. The van der Waals surface area contributed by atoms with Crippen LogP contribution in [0.3, 0.4) is 0 Å². The molecule has 1 aromatic heterocycles. The van der Waals surface area contributed by atoms with Crippen molar-refractivity contribution in [2.75, 3.05) is 4.90 Å². The van der Waals surface area contributed by atoms with Gasteiger partial charge in [-0.3, -0.25) is 15.1 Å². The molecule has 0 bridgehead atoms. The number of urea groups is 1. The van der Waals surface area contributed by atoms with E-state index >= 15 is 0 Å². The SMILES string of the molecule is CCc1cc(C2NNC(=O)N2c2cccc3c2ncn3C)c(O)cc1OC(=O)C(C)C. The molecule has 162 valence electrons. The third-order valence-electron chi connectivity index (χ3n) is 5.35. The van der Waals surface area contributed by atoms with Crippen LogP contribution in [0.4, 0.5) is 10.5 Å². The van der Waals surface area contributed by atoms with E-state index in [0.29, 0.717) is 28.9 Å². The van der Waals surface area contributed by atoms with E-state index in [1.807, 2.05) is 36.7 Å². The molecule has 0 aliphatic carbocycles. The topological polar surface area (TPSA) is 109 Å². The quantitative estimate of drug-likeness (QED) is 0.430. The van der Waals surface area contributed by atoms with Crippen molar-refractivity contribution in [3.05, 3.63) is 47.8 Å². The number of para-hydroxylation sites is 1. The van der Waals surface area contributed by atoms with E-state index in [-0.39, 0.29) is 23.7 Å². The molecule has 1 aliphatic heterocycles. The maximum absolute atomic E-state index is 12.7. The number of hydrazine groups is 1. The molecule has 3 aromatic rings. The molecular formula is C22H25N5O4. The molecule has 4 rings (SSSR count). The second-order valence-electron chi connectivity index (χ2n) is 7.80. The van der Waals surface area contributed by atoms with Crippen LogP contribution in [-0.4, -0.2) is 26.7 Å². The maximum atomic E-state index is 12.7. The summed E-state index contributed by atoms with van der Waals surface area (Å²) in [5, 5.41) is 10.8. The van der Waals surface area contributed by atoms with Gasteiger partial charge in [0.25, 0.3) is 0 Å². The lowest BCUT2D eigenvalue weighted by Gasteiger charge is -2.25. The summed E-state index contributed by atoms with van der Waals surface area (Å²) in [5.74, 6) is -0.436. The van der Waals surface area contributed by atoms with Gasteiger partial charge in [0.2, 0.25) is 0 Å². The summed E-state index contributed by atoms with van der Waals surface area (Å²) >= 11 is 0. The number of esters is 1. The monoisotopic (exact) mass is 423 g/mol. The Morgan fingerprint density at radius 2 is 2.10 bits per heavy atom. The summed E-state index contributed by atoms with van der Waals surface area (Å²) in [7, 11) is 1.88. The van der Waals surface area contributed by atoms with Crippen molar-refractivity contribution in [2.24, 2.45) is 13.0 Å². The number of aromatic nitrogens is 2. The first-order valence-electron chi connectivity index (χ1n) is 10.1. The van der Waals surface area contributed by atoms with Gasteiger partial charge in [-0.25, -0.2) is 15.2 Å². The van der Waals surface area contributed by atoms with E-state index in [1.54, 1.807) is 26.2 Å². The number of carbonyl (C=O) groups is 2. The van der Waals surface area contributed by atoms with E-state index in [0.717, 1.165) is 11.1 Å². The lowest BCUT2D eigenvalue weighted by molar-refractivity contribution is -0.137. The van der Waals surface area contributed by atoms with Gasteiger partial charge in [0.1, 0.15) is 23.2 Å². The van der Waals surface area contributed by atoms with Crippen LogP contribution in [0.2, 0.25) is 0 Å². The number of aryl methyl sites for hydroxylation is 2. The lowest BCUT2D eigenvalue weighted by Crippen LogP contribution is -2.30. The normalized spacial score (nSPS) is 16.2. The van der Waals surface area contributed by atoms with Crippen LogP contribution in [0.15, 0.2) is 36.7 Å². The molecule has 1 fully saturated rings. The van der Waals surface area contributed by atoms with Crippen molar-refractivity contribution in [2.45, 2.75) is 33.4 Å². The minimum atomic E-state index is -0.680. The summed E-state index contributed by atoms with van der Waals surface area (Å²) < 4.78 is 7.34. The Hall–Kier alpha value is -3.59. The largest absolute Gasteiger partial charge is 0.507 e. The third kappa shape index (κ3) is 3.57. The fourth-order valence-corrected chi connectivity index (χ4v) is 3.62. The third-order valence-corrected chi connectivity index (χ3v) is 5.35. The number of hydrogen-bond donors (Lipinski definition) is 3. The standard InChI is InChI=1S/C22H25N5O4/c1-5-13-9-14(17(28)10-18(13)31-21(29)12(2)3)20-24-25-22(30)27(20)16-8-6-7-15-19(16)23-11-26(15)4/h6-12,20,24,28H,5H2,1-4H3,(H,25,30). The molecule has 1 atom stereocenters. The van der Waals surface area contributed by atoms with Crippen molar-refractivity contribution in [3.63, 3.8) is 0 Å². The van der Waals surface area contributed by atoms with Crippen LogP contribution in [0.5, 0.6) is 11.5 Å². The smallest absolute Gasteiger partial charge is 0.338 e. The Bertz CT molecular complexity index is 1170. The molecule has 31 heavy (non-hydrogen) atoms. The summed E-state index contributed by atoms with van der Waals surface area (Å²) in [6, 6.07) is 8.41. The molecular weight excluding hydrogens is 398 g/mol. The van der Waals surface area contributed by atoms with Gasteiger partial charge in [-0.2, -0.15) is 0 Å². The Morgan fingerprint density at radius 1 is 1.32 bits per heavy atom. The van der Waals surface area contributed by atoms with E-state index in [1.165, 1.54) is 11.0 Å². The zero-order chi connectivity index (χ0) is 22.3. The van der Waals surface area contributed by atoms with E-state index in [4.69, 9.17) is 4.74 Å². The molecule has 9 nitrogen and oxygen atoms in total. The maximum Gasteiger partial charge on any atom is 0.338 e. The number of phenolic OH excluding ortho intramolecular Hbond substituents is 1. The summed E-state index contributed by atoms with van der Waals surface area (Å²) in [6.07, 6.45) is 1.59. The average molecular weight is 423 g/mol. The first-order chi connectivity index (χ1) is 14.8. The van der Waals surface area contributed by atoms with Gasteiger partial charge in [0.05, 0.1) is 23.4 Å². The van der Waals surface area contributed by atoms with Gasteiger partial charge in [0, 0.05) is 18.7 Å². The second kappa shape index (κ2) is 7.92. The number of nitrogens with zero attached hydrogens (tertiary/aromatic N) is 3. The number of carbonyl (C=O) groups excluding carboxylic acids is 2. The Labute approximate surface area is 179 Å². The summed E-state index contributed by atoms with van der Waals surface area (Å²) in [5.41, 5.74) is 8.95. The second-order valence-corrected chi connectivity index (χ2v) is 7.80. The fourth-order valence-electron chi connectivity index (χ4n) is 3.62. The molecule has 1 saturated heterocycles. The summed E-state index contributed by atoms with van der Waals surface area (Å²) in [6.45, 7) is 5.43. The van der Waals surface area contributed by atoms with E-state index in [9.17, 15) is 14.7 Å². The number of imidazole rings is 1. The first kappa shape index (κ1) is 20.7. The molecule has 3 N–H and O–H groups in total. The zero-order valence-electron chi connectivity index (χ0n) is 17.8. The number of phenols is 1. The van der Waals surface area contributed by atoms with Crippen LogP contribution in [-0.2, 0) is 18.3 Å². The predicted octanol–water partition coefficient (Wildman–Crippen LogP) is 3.14. The molecule has 2 heterocycles. The lowest BCUT2D eigenvalue weighted by atomic mass is 10.0. The van der Waals surface area contributed by atoms with E-state index in [2.05, 4.69) is 15.8 Å². The number of nitrogens with one attached hydrogen (secondary N) is 2. The van der Waals surface area contributed by atoms with Crippen molar-refractivity contribution in [3.8, 4) is 11.5 Å². The average Bonchev–Trinajstić information content (AvgIpc) is 3.31. The molecule has 2 amide bonds. The van der Waals surface area contributed by atoms with Gasteiger partial charge in [0.15, 0.2) is 0 Å². The van der Waals surface area contributed by atoms with Crippen LogP contribution < -0.4 is 20.5 Å². The first-order valence-corrected chi connectivity index (χ1v) is 10.1. The molecule has 9 heteroatoms. The van der Waals surface area contributed by atoms with Gasteiger partial charge >= 0.3 is 12.0 Å². The highest BCUT2D eigenvalue weighted by atomic mass is 16.5. The van der Waals surface area contributed by atoms with Crippen LogP contribution in [0.1, 0.15) is 38.1 Å². The highest BCUT2D eigenvalue weighted by Gasteiger charge is 2.36. The molecule has 0 spiro atoms. The van der Waals surface area contributed by atoms with Gasteiger partial charge < -0.3 is 14.4 Å². The minimum absolute atomic E-state index is 0.0871. The molecule has 1 aliphatic rings. The summed E-state index contributed by atoms with van der Waals surface area (Å²) in [4.78, 5) is 30.7. The Morgan fingerprint density at radius 3 is 2.81 bits per heavy atom. The molecule has 1 unspecified atom stereocenters. The van der Waals surface area contributed by atoms with Crippen molar-refractivity contribution >= 4 is 28.7 Å². The highest BCUT2D eigenvalue weighted by molar-refractivity contribution is 6.02. The number of benzene rings is 2. The minimum Gasteiger partial charge on any atom is -0.507 e. The number of fused-ring (bicyclic) bond motifs is 1. The molecule has 0 saturated carbocycles. The zero-order valence-corrected chi connectivity index (χ0v) is 17.8. The number of ether oxygens (including phenoxy) is 1. The van der Waals surface area contributed by atoms with Gasteiger partial charge in [-0.05, 0) is 30.2 Å². The molecule has 2 aromatic carbocycles. The van der Waals surface area contributed by atoms with Gasteiger partial charge in [-0.15, -0.1) is 0 Å². The highest BCUT2D eigenvalue weighted by Crippen LogP contribution is 2.39. The number of hydrogen-bond acceptors (Lipinski definition) is 6. The number of aromatic hydroxyl groups is 1. The van der Waals surface area contributed by atoms with Crippen molar-refractivity contribution in [1.29, 1.82) is 0 Å². The van der Waals surface area contributed by atoms with Crippen LogP contribution in [0, 0.1) is 5.92 Å². The van der Waals surface area contributed by atoms with E-state index < -0.39 is 6.17 Å². The van der Waals surface area contributed by atoms with Crippen LogP contribution >= 0.6 is 0 Å². The molecule has 0 radical (unpaired) electrons. The van der Waals surface area contributed by atoms with Crippen molar-refractivity contribution < 1.29 is 19.4 Å². The fraction of sp³-hybridized carbons (Fsp3) is 0.318. The predicted molar refractivity (Wildman–Crippen MR) is 116 cm³/mol. The van der Waals surface area contributed by atoms with Crippen LogP contribution in [0.25, 0.3) is 11.0 Å². The van der Waals surface area contributed by atoms with Gasteiger partial charge in [-0.1, -0.05) is 26.8 Å². The Kier molecular flexibility index (Phi) is 5.28. The Balaban J connectivity index is 1.77. The van der Waals surface area contributed by atoms with Crippen molar-refractivity contribution in [1.82, 2.24) is 20.4 Å².